The average Bonchev–Trinajstić information content (AvgIpc) is 2.27. The molecule has 2 amide bonds. The van der Waals surface area contributed by atoms with Gasteiger partial charge in [0, 0.05) is 26.1 Å². The highest BCUT2D eigenvalue weighted by Gasteiger charge is 2.51. The van der Waals surface area contributed by atoms with Gasteiger partial charge in [-0.25, -0.2) is 8.78 Å². The summed E-state index contributed by atoms with van der Waals surface area (Å²) in [7, 11) is 0. The van der Waals surface area contributed by atoms with Gasteiger partial charge in [-0.3, -0.25) is 9.59 Å². The first kappa shape index (κ1) is 14.7. The standard InChI is InChI=1S/C10H14F4N2O2/c1-6(17)15-7-3-2-4-16(5-7)9(18)10(13,14)8(11)12/h7-8H,2-5H2,1H3,(H,15,17). The minimum Gasteiger partial charge on any atom is -0.352 e. The lowest BCUT2D eigenvalue weighted by molar-refractivity contribution is -0.181. The highest BCUT2D eigenvalue weighted by Crippen LogP contribution is 2.26. The molecule has 4 nitrogen and oxygen atoms in total. The number of rotatable bonds is 3. The fourth-order valence-corrected chi connectivity index (χ4v) is 1.87. The van der Waals surface area contributed by atoms with E-state index >= 15 is 0 Å². The minimum absolute atomic E-state index is 0.00275. The Balaban J connectivity index is 2.66. The van der Waals surface area contributed by atoms with Crippen LogP contribution in [0.4, 0.5) is 17.6 Å². The van der Waals surface area contributed by atoms with Crippen LogP contribution in [-0.2, 0) is 9.59 Å². The molecule has 1 saturated heterocycles. The molecule has 0 aliphatic carbocycles. The van der Waals surface area contributed by atoms with Crippen molar-refractivity contribution in [2.24, 2.45) is 0 Å². The van der Waals surface area contributed by atoms with Crippen LogP contribution in [0.1, 0.15) is 19.8 Å². The summed E-state index contributed by atoms with van der Waals surface area (Å²) in [6, 6.07) is -0.464. The number of piperidine rings is 1. The summed E-state index contributed by atoms with van der Waals surface area (Å²) in [4.78, 5) is 22.8. The first-order chi connectivity index (χ1) is 8.25. The molecule has 0 aromatic heterocycles. The Morgan fingerprint density at radius 3 is 2.50 bits per heavy atom. The van der Waals surface area contributed by atoms with Crippen molar-refractivity contribution in [1.82, 2.24) is 10.2 Å². The highest BCUT2D eigenvalue weighted by molar-refractivity contribution is 5.84. The van der Waals surface area contributed by atoms with Crippen molar-refractivity contribution >= 4 is 11.8 Å². The van der Waals surface area contributed by atoms with E-state index in [-0.39, 0.29) is 19.0 Å². The molecule has 1 heterocycles. The normalized spacial score (nSPS) is 21.0. The third-order valence-electron chi connectivity index (χ3n) is 2.68. The number of likely N-dealkylation sites (tertiary alicyclic amines) is 1. The Morgan fingerprint density at radius 2 is 2.00 bits per heavy atom. The first-order valence-corrected chi connectivity index (χ1v) is 5.47. The van der Waals surface area contributed by atoms with Gasteiger partial charge in [-0.15, -0.1) is 0 Å². The van der Waals surface area contributed by atoms with Crippen molar-refractivity contribution in [1.29, 1.82) is 0 Å². The van der Waals surface area contributed by atoms with Gasteiger partial charge in [0.15, 0.2) is 0 Å². The number of amides is 2. The Kier molecular flexibility index (Phi) is 4.53. The molecular formula is C10H14F4N2O2. The average molecular weight is 270 g/mol. The molecule has 1 fully saturated rings. The van der Waals surface area contributed by atoms with Gasteiger partial charge in [0.25, 0.3) is 5.91 Å². The highest BCUT2D eigenvalue weighted by atomic mass is 19.3. The van der Waals surface area contributed by atoms with Gasteiger partial charge in [-0.2, -0.15) is 8.78 Å². The van der Waals surface area contributed by atoms with Crippen LogP contribution >= 0.6 is 0 Å². The second kappa shape index (κ2) is 5.53. The van der Waals surface area contributed by atoms with Gasteiger partial charge in [0.05, 0.1) is 0 Å². The molecule has 8 heteroatoms. The van der Waals surface area contributed by atoms with Crippen LogP contribution in [0.25, 0.3) is 0 Å². The minimum atomic E-state index is -4.67. The summed E-state index contributed by atoms with van der Waals surface area (Å²) in [6.45, 7) is 1.09. The van der Waals surface area contributed by atoms with Gasteiger partial charge in [-0.05, 0) is 12.8 Å². The molecule has 1 rings (SSSR count). The maximum Gasteiger partial charge on any atom is 0.383 e. The van der Waals surface area contributed by atoms with E-state index in [4.69, 9.17) is 0 Å². The van der Waals surface area contributed by atoms with E-state index < -0.39 is 24.3 Å². The van der Waals surface area contributed by atoms with Crippen molar-refractivity contribution in [3.63, 3.8) is 0 Å². The number of carbonyl (C=O) groups excluding carboxylic acids is 2. The Hall–Kier alpha value is -1.34. The van der Waals surface area contributed by atoms with Crippen LogP contribution in [0, 0.1) is 0 Å². The lowest BCUT2D eigenvalue weighted by Gasteiger charge is -2.34. The summed E-state index contributed by atoms with van der Waals surface area (Å²) in [5, 5.41) is 2.48. The number of halogens is 4. The Bertz CT molecular complexity index is 336. The van der Waals surface area contributed by atoms with Gasteiger partial charge in [0.2, 0.25) is 5.91 Å². The van der Waals surface area contributed by atoms with Crippen LogP contribution in [0.5, 0.6) is 0 Å². The molecule has 104 valence electrons. The zero-order valence-corrected chi connectivity index (χ0v) is 9.76. The van der Waals surface area contributed by atoms with E-state index in [0.717, 1.165) is 0 Å². The van der Waals surface area contributed by atoms with E-state index in [1.807, 2.05) is 0 Å². The molecule has 0 aromatic rings. The first-order valence-electron chi connectivity index (χ1n) is 5.47. The van der Waals surface area contributed by atoms with E-state index in [0.29, 0.717) is 17.7 Å². The van der Waals surface area contributed by atoms with E-state index in [1.54, 1.807) is 0 Å². The molecule has 18 heavy (non-hydrogen) atoms. The second-order valence-corrected chi connectivity index (χ2v) is 4.21. The number of hydrogen-bond donors (Lipinski definition) is 1. The monoisotopic (exact) mass is 270 g/mol. The predicted octanol–water partition coefficient (Wildman–Crippen LogP) is 1.01. The van der Waals surface area contributed by atoms with Crippen molar-refractivity contribution in [3.8, 4) is 0 Å². The molecule has 0 spiro atoms. The molecular weight excluding hydrogens is 256 g/mol. The maximum atomic E-state index is 12.9. The summed E-state index contributed by atoms with van der Waals surface area (Å²) < 4.78 is 49.9. The van der Waals surface area contributed by atoms with Crippen LogP contribution in [-0.4, -0.2) is 48.2 Å². The zero-order chi connectivity index (χ0) is 13.9. The SMILES string of the molecule is CC(=O)NC1CCCN(C(=O)C(F)(F)C(F)F)C1. The van der Waals surface area contributed by atoms with Crippen molar-refractivity contribution < 1.29 is 27.2 Å². The number of alkyl halides is 4. The fourth-order valence-electron chi connectivity index (χ4n) is 1.87. The summed E-state index contributed by atoms with van der Waals surface area (Å²) in [5.74, 6) is -6.90. The van der Waals surface area contributed by atoms with Gasteiger partial charge >= 0.3 is 12.3 Å². The molecule has 1 aliphatic rings. The molecule has 1 atom stereocenters. The number of nitrogens with zero attached hydrogens (tertiary/aromatic N) is 1. The van der Waals surface area contributed by atoms with Gasteiger partial charge in [-0.1, -0.05) is 0 Å². The second-order valence-electron chi connectivity index (χ2n) is 4.21. The van der Waals surface area contributed by atoms with Gasteiger partial charge in [0.1, 0.15) is 0 Å². The van der Waals surface area contributed by atoms with E-state index in [2.05, 4.69) is 5.32 Å². The third kappa shape index (κ3) is 3.33. The fraction of sp³-hybridized carbons (Fsp3) is 0.800. The summed E-state index contributed by atoms with van der Waals surface area (Å²) in [5.41, 5.74) is 0. The molecule has 0 saturated carbocycles. The molecule has 0 bridgehead atoms. The number of carbonyl (C=O) groups is 2. The number of nitrogens with one attached hydrogen (secondary N) is 1. The predicted molar refractivity (Wildman–Crippen MR) is 54.4 cm³/mol. The van der Waals surface area contributed by atoms with E-state index in [1.165, 1.54) is 6.92 Å². The van der Waals surface area contributed by atoms with E-state index in [9.17, 15) is 27.2 Å². The van der Waals surface area contributed by atoms with Crippen LogP contribution in [0.2, 0.25) is 0 Å². The smallest absolute Gasteiger partial charge is 0.352 e. The molecule has 1 unspecified atom stereocenters. The van der Waals surface area contributed by atoms with Crippen LogP contribution in [0.3, 0.4) is 0 Å². The van der Waals surface area contributed by atoms with Crippen molar-refractivity contribution in [3.05, 3.63) is 0 Å². The maximum absolute atomic E-state index is 12.9. The van der Waals surface area contributed by atoms with Crippen molar-refractivity contribution in [2.45, 2.75) is 38.2 Å². The number of hydrogen-bond acceptors (Lipinski definition) is 2. The van der Waals surface area contributed by atoms with Crippen LogP contribution < -0.4 is 5.32 Å². The van der Waals surface area contributed by atoms with Crippen molar-refractivity contribution in [2.75, 3.05) is 13.1 Å². The molecule has 1 N–H and O–H groups in total. The molecule has 0 radical (unpaired) electrons. The molecule has 0 aromatic carbocycles. The quantitative estimate of drug-likeness (QED) is 0.778. The van der Waals surface area contributed by atoms with Crippen LogP contribution in [0.15, 0.2) is 0 Å². The molecule has 1 aliphatic heterocycles. The Labute approximate surface area is 101 Å². The lowest BCUT2D eigenvalue weighted by Crippen LogP contribution is -2.55. The Morgan fingerprint density at radius 1 is 1.39 bits per heavy atom. The third-order valence-corrected chi connectivity index (χ3v) is 2.68. The van der Waals surface area contributed by atoms with Gasteiger partial charge < -0.3 is 10.2 Å². The topological polar surface area (TPSA) is 49.4 Å². The summed E-state index contributed by atoms with van der Waals surface area (Å²) in [6.07, 6.45) is -3.11. The zero-order valence-electron chi connectivity index (χ0n) is 9.76. The largest absolute Gasteiger partial charge is 0.383 e. The lowest BCUT2D eigenvalue weighted by atomic mass is 10.0. The summed E-state index contributed by atoms with van der Waals surface area (Å²) >= 11 is 0.